The van der Waals surface area contributed by atoms with Gasteiger partial charge in [-0.15, -0.1) is 10.2 Å². The van der Waals surface area contributed by atoms with Gasteiger partial charge in [0.05, 0.1) is 23.7 Å². The first-order chi connectivity index (χ1) is 10.8. The Morgan fingerprint density at radius 1 is 1.09 bits per heavy atom. The Morgan fingerprint density at radius 3 is 2.55 bits per heavy atom. The highest BCUT2D eigenvalue weighted by Crippen LogP contribution is 2.26. The molecule has 6 nitrogen and oxygen atoms in total. The number of halogens is 1. The monoisotopic (exact) mass is 322 g/mol. The second kappa shape index (κ2) is 7.19. The zero-order chi connectivity index (χ0) is 15.4. The summed E-state index contributed by atoms with van der Waals surface area (Å²) in [5, 5.41) is 17.8. The number of aliphatic hydroxyl groups excluding tert-OH is 1. The average Bonchev–Trinajstić information content (AvgIpc) is 2.98. The lowest BCUT2D eigenvalue weighted by Crippen LogP contribution is -2.46. The van der Waals surface area contributed by atoms with Crippen LogP contribution in [0.25, 0.3) is 11.5 Å². The topological polar surface area (TPSA) is 65.6 Å². The van der Waals surface area contributed by atoms with Crippen molar-refractivity contribution in [3.63, 3.8) is 0 Å². The molecule has 0 amide bonds. The summed E-state index contributed by atoms with van der Waals surface area (Å²) in [7, 11) is 0. The van der Waals surface area contributed by atoms with Crippen LogP contribution >= 0.6 is 11.6 Å². The molecule has 2 heterocycles. The van der Waals surface area contributed by atoms with Crippen molar-refractivity contribution in [3.8, 4) is 11.5 Å². The fraction of sp³-hybridized carbons (Fsp3) is 0.467. The molecular weight excluding hydrogens is 304 g/mol. The van der Waals surface area contributed by atoms with E-state index in [1.54, 1.807) is 6.07 Å². The van der Waals surface area contributed by atoms with Crippen LogP contribution in [-0.4, -0.2) is 64.4 Å². The predicted octanol–water partition coefficient (Wildman–Crippen LogP) is 1.50. The molecule has 1 aromatic carbocycles. The maximum Gasteiger partial charge on any atom is 0.249 e. The summed E-state index contributed by atoms with van der Waals surface area (Å²) in [4.78, 5) is 4.53. The molecule has 7 heteroatoms. The van der Waals surface area contributed by atoms with Gasteiger partial charge in [-0.1, -0.05) is 23.7 Å². The molecule has 1 N–H and O–H groups in total. The minimum atomic E-state index is 0.213. The molecule has 1 aliphatic heterocycles. The summed E-state index contributed by atoms with van der Waals surface area (Å²) < 4.78 is 5.73. The van der Waals surface area contributed by atoms with Gasteiger partial charge in [-0.2, -0.15) is 0 Å². The molecule has 1 aromatic heterocycles. The van der Waals surface area contributed by atoms with E-state index >= 15 is 0 Å². The number of hydrogen-bond acceptors (Lipinski definition) is 6. The summed E-state index contributed by atoms with van der Waals surface area (Å²) in [6, 6.07) is 7.44. The minimum Gasteiger partial charge on any atom is -0.419 e. The normalized spacial score (nSPS) is 17.0. The highest BCUT2D eigenvalue weighted by Gasteiger charge is 2.19. The Hall–Kier alpha value is -1.47. The van der Waals surface area contributed by atoms with Gasteiger partial charge >= 0.3 is 0 Å². The van der Waals surface area contributed by atoms with Gasteiger partial charge in [0.15, 0.2) is 0 Å². The van der Waals surface area contributed by atoms with Gasteiger partial charge in [0, 0.05) is 32.7 Å². The summed E-state index contributed by atoms with van der Waals surface area (Å²) in [5.41, 5.74) is 0.760. The SMILES string of the molecule is OCCN1CCN(Cc2nnc(-c3ccccc3Cl)o2)CC1. The van der Waals surface area contributed by atoms with Gasteiger partial charge in [-0.25, -0.2) is 0 Å². The maximum absolute atomic E-state index is 8.95. The van der Waals surface area contributed by atoms with Gasteiger partial charge in [0.2, 0.25) is 11.8 Å². The summed E-state index contributed by atoms with van der Waals surface area (Å²) in [5.74, 6) is 1.06. The number of rotatable bonds is 5. The number of hydrogen-bond donors (Lipinski definition) is 1. The minimum absolute atomic E-state index is 0.213. The first kappa shape index (κ1) is 15.4. The third-order valence-corrected chi connectivity index (χ3v) is 4.14. The molecule has 3 rings (SSSR count). The molecule has 118 valence electrons. The Balaban J connectivity index is 1.60. The van der Waals surface area contributed by atoms with Crippen LogP contribution in [0.15, 0.2) is 28.7 Å². The lowest BCUT2D eigenvalue weighted by Gasteiger charge is -2.33. The first-order valence-electron chi connectivity index (χ1n) is 7.39. The first-order valence-corrected chi connectivity index (χ1v) is 7.77. The highest BCUT2D eigenvalue weighted by molar-refractivity contribution is 6.33. The number of benzene rings is 1. The van der Waals surface area contributed by atoms with E-state index in [1.165, 1.54) is 0 Å². The Bertz CT molecular complexity index is 611. The number of β-amino-alcohol motifs (C(OH)–C–C–N with tert-alkyl or cyclic N) is 1. The van der Waals surface area contributed by atoms with Crippen LogP contribution in [0.1, 0.15) is 5.89 Å². The molecule has 0 aliphatic carbocycles. The van der Waals surface area contributed by atoms with Crippen molar-refractivity contribution in [1.29, 1.82) is 0 Å². The summed E-state index contributed by atoms with van der Waals surface area (Å²) in [6.45, 7) is 5.37. The standard InChI is InChI=1S/C15H19ClN4O2/c16-13-4-2-1-3-12(13)15-18-17-14(22-15)11-20-7-5-19(6-8-20)9-10-21/h1-4,21H,5-11H2. The summed E-state index contributed by atoms with van der Waals surface area (Å²) >= 11 is 6.14. The molecule has 1 fully saturated rings. The second-order valence-electron chi connectivity index (χ2n) is 5.32. The summed E-state index contributed by atoms with van der Waals surface area (Å²) in [6.07, 6.45) is 0. The average molecular weight is 323 g/mol. The van der Waals surface area contributed by atoms with Crippen LogP contribution in [-0.2, 0) is 6.54 Å². The largest absolute Gasteiger partial charge is 0.419 e. The van der Waals surface area contributed by atoms with Crippen LogP contribution < -0.4 is 0 Å². The van der Waals surface area contributed by atoms with Crippen LogP contribution in [0.3, 0.4) is 0 Å². The molecule has 0 radical (unpaired) electrons. The molecule has 0 atom stereocenters. The Kier molecular flexibility index (Phi) is 5.04. The maximum atomic E-state index is 8.95. The zero-order valence-corrected chi connectivity index (χ0v) is 13.0. The molecule has 1 aliphatic rings. The van der Waals surface area contributed by atoms with Gasteiger partial charge in [-0.3, -0.25) is 9.80 Å². The number of aromatic nitrogens is 2. The third-order valence-electron chi connectivity index (χ3n) is 3.81. The number of aliphatic hydroxyl groups is 1. The van der Waals surface area contributed by atoms with Crippen molar-refractivity contribution in [2.24, 2.45) is 0 Å². The van der Waals surface area contributed by atoms with Crippen molar-refractivity contribution in [3.05, 3.63) is 35.2 Å². The molecule has 0 saturated carbocycles. The van der Waals surface area contributed by atoms with E-state index in [2.05, 4.69) is 20.0 Å². The Labute approximate surface area is 134 Å². The molecule has 0 spiro atoms. The Morgan fingerprint density at radius 2 is 1.82 bits per heavy atom. The smallest absolute Gasteiger partial charge is 0.249 e. The van der Waals surface area contributed by atoms with Gasteiger partial charge in [0.1, 0.15) is 0 Å². The highest BCUT2D eigenvalue weighted by atomic mass is 35.5. The van der Waals surface area contributed by atoms with Crippen LogP contribution in [0, 0.1) is 0 Å². The quantitative estimate of drug-likeness (QED) is 0.900. The van der Waals surface area contributed by atoms with E-state index in [1.807, 2.05) is 18.2 Å². The van der Waals surface area contributed by atoms with Gasteiger partial charge in [0.25, 0.3) is 0 Å². The van der Waals surface area contributed by atoms with E-state index in [0.717, 1.165) is 38.3 Å². The van der Waals surface area contributed by atoms with E-state index in [4.69, 9.17) is 21.1 Å². The fourth-order valence-corrected chi connectivity index (χ4v) is 2.78. The van der Waals surface area contributed by atoms with E-state index in [9.17, 15) is 0 Å². The number of piperazine rings is 1. The lowest BCUT2D eigenvalue weighted by atomic mass is 10.2. The van der Waals surface area contributed by atoms with Crippen LogP contribution in [0.4, 0.5) is 0 Å². The predicted molar refractivity (Wildman–Crippen MR) is 83.5 cm³/mol. The third kappa shape index (κ3) is 3.64. The van der Waals surface area contributed by atoms with E-state index in [0.29, 0.717) is 23.3 Å². The van der Waals surface area contributed by atoms with E-state index in [-0.39, 0.29) is 6.61 Å². The molecule has 0 unspecified atom stereocenters. The van der Waals surface area contributed by atoms with E-state index < -0.39 is 0 Å². The molecule has 0 bridgehead atoms. The van der Waals surface area contributed by atoms with Crippen molar-refractivity contribution in [2.75, 3.05) is 39.3 Å². The van der Waals surface area contributed by atoms with Crippen molar-refractivity contribution in [1.82, 2.24) is 20.0 Å². The van der Waals surface area contributed by atoms with Gasteiger partial charge in [-0.05, 0) is 12.1 Å². The van der Waals surface area contributed by atoms with Crippen LogP contribution in [0.5, 0.6) is 0 Å². The lowest BCUT2D eigenvalue weighted by molar-refractivity contribution is 0.103. The molecule has 22 heavy (non-hydrogen) atoms. The molecular formula is C15H19ClN4O2. The van der Waals surface area contributed by atoms with Gasteiger partial charge < -0.3 is 9.52 Å². The number of nitrogens with zero attached hydrogens (tertiary/aromatic N) is 4. The fourth-order valence-electron chi connectivity index (χ4n) is 2.56. The van der Waals surface area contributed by atoms with Crippen molar-refractivity contribution >= 4 is 11.6 Å². The van der Waals surface area contributed by atoms with Crippen molar-refractivity contribution < 1.29 is 9.52 Å². The molecule has 1 saturated heterocycles. The second-order valence-corrected chi connectivity index (χ2v) is 5.73. The van der Waals surface area contributed by atoms with Crippen LogP contribution in [0.2, 0.25) is 5.02 Å². The van der Waals surface area contributed by atoms with Crippen molar-refractivity contribution in [2.45, 2.75) is 6.54 Å². The molecule has 2 aromatic rings. The zero-order valence-electron chi connectivity index (χ0n) is 12.3.